The average Bonchev–Trinajstić information content (AvgIpc) is 3.53. The molecule has 2 atom stereocenters. The number of aromatic hydroxyl groups is 1. The van der Waals surface area contributed by atoms with Crippen LogP contribution in [0.1, 0.15) is 102 Å². The SMILES string of the molecule is CCCCCCCC[C@@H]1O[C@@H]1CCCCCCCC(=O)NCc1ccc(O)c(OC)c1. The van der Waals surface area contributed by atoms with Gasteiger partial charge >= 0.3 is 0 Å². The Morgan fingerprint density at radius 3 is 2.23 bits per heavy atom. The summed E-state index contributed by atoms with van der Waals surface area (Å²) < 4.78 is 10.9. The van der Waals surface area contributed by atoms with Crippen molar-refractivity contribution in [2.45, 2.75) is 116 Å². The van der Waals surface area contributed by atoms with Gasteiger partial charge in [0.1, 0.15) is 0 Å². The van der Waals surface area contributed by atoms with Gasteiger partial charge in [0, 0.05) is 13.0 Å². The monoisotopic (exact) mass is 433 g/mol. The van der Waals surface area contributed by atoms with Crippen molar-refractivity contribution in [1.82, 2.24) is 5.32 Å². The number of amides is 1. The summed E-state index contributed by atoms with van der Waals surface area (Å²) in [6, 6.07) is 5.13. The van der Waals surface area contributed by atoms with Gasteiger partial charge in [-0.1, -0.05) is 77.2 Å². The second-order valence-electron chi connectivity index (χ2n) is 8.86. The molecule has 1 amide bonds. The molecule has 0 radical (unpaired) electrons. The third-order valence-corrected chi connectivity index (χ3v) is 6.16. The zero-order valence-corrected chi connectivity index (χ0v) is 19.7. The fraction of sp³-hybridized carbons (Fsp3) is 0.731. The number of carbonyl (C=O) groups is 1. The highest BCUT2D eigenvalue weighted by Crippen LogP contribution is 2.32. The van der Waals surface area contributed by atoms with Crippen molar-refractivity contribution < 1.29 is 19.4 Å². The Labute approximate surface area is 188 Å². The highest BCUT2D eigenvalue weighted by atomic mass is 16.6. The summed E-state index contributed by atoms with van der Waals surface area (Å²) in [4.78, 5) is 12.0. The van der Waals surface area contributed by atoms with E-state index in [1.165, 1.54) is 77.7 Å². The van der Waals surface area contributed by atoms with Crippen molar-refractivity contribution in [3.05, 3.63) is 23.8 Å². The van der Waals surface area contributed by atoms with E-state index in [1.807, 2.05) is 0 Å². The zero-order chi connectivity index (χ0) is 22.3. The molecule has 1 heterocycles. The molecule has 1 fully saturated rings. The normalized spacial score (nSPS) is 17.5. The van der Waals surface area contributed by atoms with E-state index >= 15 is 0 Å². The minimum absolute atomic E-state index is 0.0796. The number of unbranched alkanes of at least 4 members (excludes halogenated alkanes) is 9. The van der Waals surface area contributed by atoms with E-state index in [2.05, 4.69) is 12.2 Å². The number of hydrogen-bond acceptors (Lipinski definition) is 4. The molecule has 1 aromatic carbocycles. The number of hydrogen-bond donors (Lipinski definition) is 2. The lowest BCUT2D eigenvalue weighted by Crippen LogP contribution is -2.22. The van der Waals surface area contributed by atoms with Gasteiger partial charge in [0.25, 0.3) is 0 Å². The fourth-order valence-electron chi connectivity index (χ4n) is 4.10. The summed E-state index contributed by atoms with van der Waals surface area (Å²) in [6.45, 7) is 2.72. The van der Waals surface area contributed by atoms with Crippen molar-refractivity contribution in [3.63, 3.8) is 0 Å². The van der Waals surface area contributed by atoms with Crippen LogP contribution in [0.5, 0.6) is 11.5 Å². The second kappa shape index (κ2) is 15.1. The Balaban J connectivity index is 1.38. The van der Waals surface area contributed by atoms with E-state index in [9.17, 15) is 9.90 Å². The number of nitrogens with one attached hydrogen (secondary N) is 1. The zero-order valence-electron chi connectivity index (χ0n) is 19.7. The van der Waals surface area contributed by atoms with Crippen LogP contribution in [0.4, 0.5) is 0 Å². The smallest absolute Gasteiger partial charge is 0.220 e. The van der Waals surface area contributed by atoms with Gasteiger partial charge in [-0.2, -0.15) is 0 Å². The summed E-state index contributed by atoms with van der Waals surface area (Å²) in [5.41, 5.74) is 0.917. The molecule has 5 heteroatoms. The number of epoxide rings is 1. The van der Waals surface area contributed by atoms with E-state index in [0.717, 1.165) is 18.4 Å². The molecule has 0 aliphatic carbocycles. The molecular formula is C26H43NO4. The predicted octanol–water partition coefficient (Wildman–Crippen LogP) is 6.27. The summed E-state index contributed by atoms with van der Waals surface area (Å²) >= 11 is 0. The maximum atomic E-state index is 12.0. The van der Waals surface area contributed by atoms with Gasteiger partial charge in [0.15, 0.2) is 11.5 Å². The van der Waals surface area contributed by atoms with Gasteiger partial charge in [-0.05, 0) is 37.0 Å². The van der Waals surface area contributed by atoms with Crippen molar-refractivity contribution in [1.29, 1.82) is 0 Å². The van der Waals surface area contributed by atoms with Gasteiger partial charge in [-0.25, -0.2) is 0 Å². The number of phenolic OH excluding ortho intramolecular Hbond substituents is 1. The summed E-state index contributed by atoms with van der Waals surface area (Å²) in [5.74, 6) is 0.618. The van der Waals surface area contributed by atoms with E-state index in [1.54, 1.807) is 18.2 Å². The molecular weight excluding hydrogens is 390 g/mol. The van der Waals surface area contributed by atoms with Crippen LogP contribution < -0.4 is 10.1 Å². The first kappa shape index (κ1) is 25.5. The lowest BCUT2D eigenvalue weighted by Gasteiger charge is -2.08. The third kappa shape index (κ3) is 10.9. The second-order valence-corrected chi connectivity index (χ2v) is 8.86. The van der Waals surface area contributed by atoms with Crippen LogP contribution in [0.15, 0.2) is 18.2 Å². The van der Waals surface area contributed by atoms with Gasteiger partial charge < -0.3 is 19.9 Å². The van der Waals surface area contributed by atoms with Crippen molar-refractivity contribution in [2.75, 3.05) is 7.11 Å². The molecule has 176 valence electrons. The molecule has 1 aliphatic rings. The Morgan fingerprint density at radius 1 is 0.968 bits per heavy atom. The molecule has 0 saturated carbocycles. The molecule has 0 aromatic heterocycles. The Morgan fingerprint density at radius 2 is 1.58 bits per heavy atom. The molecule has 2 N–H and O–H groups in total. The van der Waals surface area contributed by atoms with Crippen molar-refractivity contribution in [2.24, 2.45) is 0 Å². The predicted molar refractivity (Wildman–Crippen MR) is 125 cm³/mol. The van der Waals surface area contributed by atoms with E-state index in [4.69, 9.17) is 9.47 Å². The maximum Gasteiger partial charge on any atom is 0.220 e. The fourth-order valence-corrected chi connectivity index (χ4v) is 4.10. The molecule has 5 nitrogen and oxygen atoms in total. The quantitative estimate of drug-likeness (QED) is 0.211. The number of methoxy groups -OCH3 is 1. The highest BCUT2D eigenvalue weighted by Gasteiger charge is 2.36. The minimum atomic E-state index is 0.0796. The topological polar surface area (TPSA) is 71.1 Å². The summed E-state index contributed by atoms with van der Waals surface area (Å²) in [7, 11) is 1.52. The number of ether oxygens (including phenoxy) is 2. The highest BCUT2D eigenvalue weighted by molar-refractivity contribution is 5.75. The van der Waals surface area contributed by atoms with Gasteiger partial charge in [0.05, 0.1) is 19.3 Å². The van der Waals surface area contributed by atoms with Crippen LogP contribution in [-0.2, 0) is 16.1 Å². The molecule has 1 saturated heterocycles. The lowest BCUT2D eigenvalue weighted by molar-refractivity contribution is -0.121. The third-order valence-electron chi connectivity index (χ3n) is 6.16. The van der Waals surface area contributed by atoms with Crippen LogP contribution >= 0.6 is 0 Å². The van der Waals surface area contributed by atoms with Crippen LogP contribution in [0.3, 0.4) is 0 Å². The maximum absolute atomic E-state index is 12.0. The van der Waals surface area contributed by atoms with E-state index in [-0.39, 0.29) is 11.7 Å². The summed E-state index contributed by atoms with van der Waals surface area (Å²) in [5, 5.41) is 12.6. The molecule has 1 aliphatic heterocycles. The molecule has 31 heavy (non-hydrogen) atoms. The minimum Gasteiger partial charge on any atom is -0.504 e. The molecule has 1 aromatic rings. The first-order valence-corrected chi connectivity index (χ1v) is 12.4. The molecule has 2 rings (SSSR count). The van der Waals surface area contributed by atoms with Gasteiger partial charge in [0.2, 0.25) is 5.91 Å². The van der Waals surface area contributed by atoms with Crippen molar-refractivity contribution in [3.8, 4) is 11.5 Å². The van der Waals surface area contributed by atoms with E-state index in [0.29, 0.717) is 30.9 Å². The average molecular weight is 434 g/mol. The van der Waals surface area contributed by atoms with E-state index < -0.39 is 0 Å². The first-order chi connectivity index (χ1) is 15.1. The van der Waals surface area contributed by atoms with Crippen LogP contribution in [0.2, 0.25) is 0 Å². The Hall–Kier alpha value is -1.75. The largest absolute Gasteiger partial charge is 0.504 e. The number of carbonyl (C=O) groups excluding carboxylic acids is 1. The van der Waals surface area contributed by atoms with Crippen molar-refractivity contribution >= 4 is 5.91 Å². The summed E-state index contributed by atoms with van der Waals surface area (Å²) in [6.07, 6.45) is 18.0. The number of phenols is 1. The number of benzene rings is 1. The standard InChI is InChI=1S/C26H43NO4/c1-3-4-5-6-8-11-14-23-24(31-23)15-12-9-7-10-13-16-26(29)27-20-21-17-18-22(28)25(19-21)30-2/h17-19,23-24,28H,3-16,20H2,1-2H3,(H,27,29)/t23-,24+/m0/s1. The van der Waals surface area contributed by atoms with Crippen LogP contribution in [0.25, 0.3) is 0 Å². The van der Waals surface area contributed by atoms with Gasteiger partial charge in [-0.3, -0.25) is 4.79 Å². The first-order valence-electron chi connectivity index (χ1n) is 12.4. The molecule has 0 unspecified atom stereocenters. The van der Waals surface area contributed by atoms with Crippen LogP contribution in [-0.4, -0.2) is 30.3 Å². The molecule has 0 spiro atoms. The van der Waals surface area contributed by atoms with Crippen LogP contribution in [0, 0.1) is 0 Å². The Bertz CT molecular complexity index is 634. The lowest BCUT2D eigenvalue weighted by atomic mass is 10.0. The Kier molecular flexibility index (Phi) is 12.4. The number of rotatable bonds is 18. The molecule has 0 bridgehead atoms. The van der Waals surface area contributed by atoms with Gasteiger partial charge in [-0.15, -0.1) is 0 Å².